The molecule has 19 heavy (non-hydrogen) atoms. The van der Waals surface area contributed by atoms with Crippen molar-refractivity contribution in [2.75, 3.05) is 0 Å². The van der Waals surface area contributed by atoms with Crippen LogP contribution in [0.5, 0.6) is 0 Å². The average molecular weight is 252 g/mol. The van der Waals surface area contributed by atoms with Crippen LogP contribution in [-0.2, 0) is 0 Å². The fourth-order valence-electron chi connectivity index (χ4n) is 2.32. The fraction of sp³-hybridized carbons (Fsp3) is 0.188. The van der Waals surface area contributed by atoms with Gasteiger partial charge in [-0.25, -0.2) is 4.98 Å². The van der Waals surface area contributed by atoms with Crippen molar-refractivity contribution in [3.63, 3.8) is 0 Å². The molecule has 3 nitrogen and oxygen atoms in total. The van der Waals surface area contributed by atoms with E-state index in [1.54, 1.807) is 0 Å². The lowest BCUT2D eigenvalue weighted by Gasteiger charge is -2.13. The minimum Gasteiger partial charge on any atom is -0.382 e. The zero-order chi connectivity index (χ0) is 13.4. The molecule has 0 spiro atoms. The number of aliphatic hydroxyl groups is 1. The van der Waals surface area contributed by atoms with E-state index in [-0.39, 0.29) is 0 Å². The second-order valence-corrected chi connectivity index (χ2v) is 4.82. The lowest BCUT2D eigenvalue weighted by atomic mass is 9.98. The summed E-state index contributed by atoms with van der Waals surface area (Å²) in [7, 11) is 0. The van der Waals surface area contributed by atoms with Gasteiger partial charge in [0.15, 0.2) is 0 Å². The SMILES string of the molecule is Cc1cccc(C(O)c2cn3ccccc3n2)c1C. The number of fused-ring (bicyclic) bond motifs is 1. The molecule has 0 fully saturated rings. The molecule has 0 saturated carbocycles. The molecule has 3 aromatic rings. The van der Waals surface area contributed by atoms with Gasteiger partial charge in [0.2, 0.25) is 0 Å². The lowest BCUT2D eigenvalue weighted by molar-refractivity contribution is 0.215. The molecule has 0 radical (unpaired) electrons. The predicted molar refractivity (Wildman–Crippen MR) is 75.2 cm³/mol. The lowest BCUT2D eigenvalue weighted by Crippen LogP contribution is -2.03. The summed E-state index contributed by atoms with van der Waals surface area (Å²) in [6.07, 6.45) is 3.13. The minimum absolute atomic E-state index is 0.680. The van der Waals surface area contributed by atoms with Crippen molar-refractivity contribution in [2.45, 2.75) is 20.0 Å². The third kappa shape index (κ3) is 2.02. The molecule has 2 aromatic heterocycles. The average Bonchev–Trinajstić information content (AvgIpc) is 2.85. The Bertz CT molecular complexity index is 697. The predicted octanol–water partition coefficient (Wildman–Crippen LogP) is 3.03. The second-order valence-electron chi connectivity index (χ2n) is 4.82. The van der Waals surface area contributed by atoms with Gasteiger partial charge in [-0.15, -0.1) is 0 Å². The highest BCUT2D eigenvalue weighted by Gasteiger charge is 2.16. The third-order valence-electron chi connectivity index (χ3n) is 3.60. The van der Waals surface area contributed by atoms with Crippen LogP contribution in [0.3, 0.4) is 0 Å². The van der Waals surface area contributed by atoms with Gasteiger partial charge in [0.05, 0.1) is 5.69 Å². The van der Waals surface area contributed by atoms with Crippen molar-refractivity contribution in [1.29, 1.82) is 0 Å². The molecule has 0 aliphatic carbocycles. The number of hydrogen-bond acceptors (Lipinski definition) is 2. The van der Waals surface area contributed by atoms with E-state index in [9.17, 15) is 5.11 Å². The minimum atomic E-state index is -0.681. The molecule has 0 amide bonds. The van der Waals surface area contributed by atoms with Gasteiger partial charge in [-0.05, 0) is 42.7 Å². The number of nitrogens with zero attached hydrogens (tertiary/aromatic N) is 2. The van der Waals surface area contributed by atoms with E-state index in [2.05, 4.69) is 18.0 Å². The Morgan fingerprint density at radius 2 is 1.95 bits per heavy atom. The van der Waals surface area contributed by atoms with Gasteiger partial charge in [-0.1, -0.05) is 24.3 Å². The first-order valence-corrected chi connectivity index (χ1v) is 6.34. The highest BCUT2D eigenvalue weighted by molar-refractivity contribution is 5.43. The summed E-state index contributed by atoms with van der Waals surface area (Å²) in [5.74, 6) is 0. The van der Waals surface area contributed by atoms with Gasteiger partial charge in [0.25, 0.3) is 0 Å². The molecule has 2 heterocycles. The van der Waals surface area contributed by atoms with Crippen LogP contribution in [0.2, 0.25) is 0 Å². The maximum atomic E-state index is 10.5. The summed E-state index contributed by atoms with van der Waals surface area (Å²) in [5, 5.41) is 10.5. The van der Waals surface area contributed by atoms with E-state index in [0.717, 1.165) is 16.8 Å². The number of aromatic nitrogens is 2. The molecule has 3 rings (SSSR count). The molecule has 1 atom stereocenters. The van der Waals surface area contributed by atoms with E-state index >= 15 is 0 Å². The molecule has 1 N–H and O–H groups in total. The standard InChI is InChI=1S/C16H16N2O/c1-11-6-5-7-13(12(11)2)16(19)14-10-18-9-4-3-8-15(18)17-14/h3-10,16,19H,1-2H3. The summed E-state index contributed by atoms with van der Waals surface area (Å²) < 4.78 is 1.92. The van der Waals surface area contributed by atoms with Crippen LogP contribution in [0.15, 0.2) is 48.8 Å². The van der Waals surface area contributed by atoms with Crippen LogP contribution in [0, 0.1) is 13.8 Å². The number of hydrogen-bond donors (Lipinski definition) is 1. The molecule has 0 aliphatic rings. The number of rotatable bonds is 2. The first-order valence-electron chi connectivity index (χ1n) is 6.34. The van der Waals surface area contributed by atoms with Crippen molar-refractivity contribution in [1.82, 2.24) is 9.38 Å². The first kappa shape index (κ1) is 11.9. The topological polar surface area (TPSA) is 37.5 Å². The Labute approximate surface area is 112 Å². The third-order valence-corrected chi connectivity index (χ3v) is 3.60. The molecule has 96 valence electrons. The first-order chi connectivity index (χ1) is 9.16. The van der Waals surface area contributed by atoms with Gasteiger partial charge in [0, 0.05) is 12.4 Å². The summed E-state index contributed by atoms with van der Waals surface area (Å²) in [5.41, 5.74) is 4.75. The van der Waals surface area contributed by atoms with E-state index < -0.39 is 6.10 Å². The monoisotopic (exact) mass is 252 g/mol. The molecule has 0 saturated heterocycles. The van der Waals surface area contributed by atoms with Crippen molar-refractivity contribution in [3.05, 3.63) is 71.2 Å². The van der Waals surface area contributed by atoms with E-state index in [0.29, 0.717) is 5.69 Å². The number of aryl methyl sites for hydroxylation is 1. The van der Waals surface area contributed by atoms with Crippen LogP contribution in [0.25, 0.3) is 5.65 Å². The highest BCUT2D eigenvalue weighted by Crippen LogP contribution is 2.25. The van der Waals surface area contributed by atoms with E-state index in [1.807, 2.05) is 54.0 Å². The van der Waals surface area contributed by atoms with Crippen LogP contribution in [-0.4, -0.2) is 14.5 Å². The molecule has 3 heteroatoms. The number of pyridine rings is 1. The number of imidazole rings is 1. The van der Waals surface area contributed by atoms with Crippen molar-refractivity contribution in [2.24, 2.45) is 0 Å². The van der Waals surface area contributed by atoms with Crippen LogP contribution in [0.1, 0.15) is 28.5 Å². The van der Waals surface area contributed by atoms with Crippen molar-refractivity contribution in [3.8, 4) is 0 Å². The summed E-state index contributed by atoms with van der Waals surface area (Å²) in [6.45, 7) is 4.08. The Kier molecular flexibility index (Phi) is 2.84. The highest BCUT2D eigenvalue weighted by atomic mass is 16.3. The Balaban J connectivity index is 2.08. The summed E-state index contributed by atoms with van der Waals surface area (Å²) in [4.78, 5) is 4.47. The van der Waals surface area contributed by atoms with Gasteiger partial charge in [-0.2, -0.15) is 0 Å². The zero-order valence-corrected chi connectivity index (χ0v) is 11.0. The molecule has 1 aromatic carbocycles. The van der Waals surface area contributed by atoms with Gasteiger partial charge >= 0.3 is 0 Å². The van der Waals surface area contributed by atoms with E-state index in [1.165, 1.54) is 5.56 Å². The maximum Gasteiger partial charge on any atom is 0.137 e. The molecular weight excluding hydrogens is 236 g/mol. The number of benzene rings is 1. The molecule has 1 unspecified atom stereocenters. The van der Waals surface area contributed by atoms with Crippen LogP contribution < -0.4 is 0 Å². The summed E-state index contributed by atoms with van der Waals surface area (Å²) >= 11 is 0. The zero-order valence-electron chi connectivity index (χ0n) is 11.0. The fourth-order valence-corrected chi connectivity index (χ4v) is 2.32. The quantitative estimate of drug-likeness (QED) is 0.761. The molecule has 0 aliphatic heterocycles. The Hall–Kier alpha value is -2.13. The van der Waals surface area contributed by atoms with Crippen molar-refractivity contribution < 1.29 is 5.11 Å². The smallest absolute Gasteiger partial charge is 0.137 e. The van der Waals surface area contributed by atoms with Gasteiger partial charge < -0.3 is 9.51 Å². The maximum absolute atomic E-state index is 10.5. The molecule has 0 bridgehead atoms. The Morgan fingerprint density at radius 3 is 2.74 bits per heavy atom. The van der Waals surface area contributed by atoms with Crippen LogP contribution in [0.4, 0.5) is 0 Å². The van der Waals surface area contributed by atoms with Crippen LogP contribution >= 0.6 is 0 Å². The second kappa shape index (κ2) is 4.52. The Morgan fingerprint density at radius 1 is 1.11 bits per heavy atom. The largest absolute Gasteiger partial charge is 0.382 e. The number of aliphatic hydroxyl groups excluding tert-OH is 1. The van der Waals surface area contributed by atoms with E-state index in [4.69, 9.17) is 0 Å². The normalized spacial score (nSPS) is 12.8. The summed E-state index contributed by atoms with van der Waals surface area (Å²) in [6, 6.07) is 11.8. The molecular formula is C16H16N2O. The van der Waals surface area contributed by atoms with Gasteiger partial charge in [-0.3, -0.25) is 0 Å². The van der Waals surface area contributed by atoms with Crippen molar-refractivity contribution >= 4 is 5.65 Å². The van der Waals surface area contributed by atoms with Gasteiger partial charge in [0.1, 0.15) is 11.8 Å².